The first-order chi connectivity index (χ1) is 9.28. The van der Waals surface area contributed by atoms with Crippen molar-refractivity contribution in [2.24, 2.45) is 5.41 Å². The maximum absolute atomic E-state index is 12.0. The Hall–Kier alpha value is -1.45. The Morgan fingerprint density at radius 2 is 2.11 bits per heavy atom. The van der Waals surface area contributed by atoms with Gasteiger partial charge in [-0.2, -0.15) is 0 Å². The first-order valence-corrected chi connectivity index (χ1v) is 7.35. The van der Waals surface area contributed by atoms with Crippen molar-refractivity contribution >= 4 is 6.03 Å². The molecule has 0 radical (unpaired) electrons. The van der Waals surface area contributed by atoms with E-state index in [1.165, 1.54) is 38.5 Å². The van der Waals surface area contributed by atoms with E-state index in [2.05, 4.69) is 10.6 Å². The van der Waals surface area contributed by atoms with E-state index in [4.69, 9.17) is 4.42 Å². The first kappa shape index (κ1) is 12.6. The van der Waals surface area contributed by atoms with Crippen molar-refractivity contribution in [1.29, 1.82) is 0 Å². The molecule has 0 saturated heterocycles. The quantitative estimate of drug-likeness (QED) is 0.879. The van der Waals surface area contributed by atoms with Crippen LogP contribution in [0.4, 0.5) is 4.79 Å². The van der Waals surface area contributed by atoms with Gasteiger partial charge in [-0.15, -0.1) is 0 Å². The van der Waals surface area contributed by atoms with E-state index < -0.39 is 0 Å². The van der Waals surface area contributed by atoms with Gasteiger partial charge in [0.1, 0.15) is 5.76 Å². The highest BCUT2D eigenvalue weighted by molar-refractivity contribution is 5.74. The molecular formula is C15H22N2O2. The molecule has 1 unspecified atom stereocenters. The van der Waals surface area contributed by atoms with Crippen molar-refractivity contribution in [3.05, 3.63) is 24.2 Å². The lowest BCUT2D eigenvalue weighted by Gasteiger charge is -2.31. The van der Waals surface area contributed by atoms with E-state index in [1.54, 1.807) is 6.26 Å². The highest BCUT2D eigenvalue weighted by atomic mass is 16.3. The summed E-state index contributed by atoms with van der Waals surface area (Å²) in [5, 5.41) is 6.06. The number of urea groups is 1. The lowest BCUT2D eigenvalue weighted by Crippen LogP contribution is -2.47. The second-order valence-corrected chi connectivity index (χ2v) is 5.92. The van der Waals surface area contributed by atoms with E-state index in [1.807, 2.05) is 12.1 Å². The molecule has 2 amide bonds. The van der Waals surface area contributed by atoms with Crippen LogP contribution in [0.3, 0.4) is 0 Å². The van der Waals surface area contributed by atoms with Gasteiger partial charge in [0.25, 0.3) is 0 Å². The van der Waals surface area contributed by atoms with Gasteiger partial charge in [-0.3, -0.25) is 0 Å². The monoisotopic (exact) mass is 262 g/mol. The summed E-state index contributed by atoms with van der Waals surface area (Å²) in [7, 11) is 0. The van der Waals surface area contributed by atoms with Gasteiger partial charge in [0.15, 0.2) is 0 Å². The fourth-order valence-corrected chi connectivity index (χ4v) is 3.83. The molecule has 0 aromatic carbocycles. The predicted octanol–water partition coefficient (Wildman–Crippen LogP) is 3.19. The van der Waals surface area contributed by atoms with E-state index in [0.29, 0.717) is 18.0 Å². The van der Waals surface area contributed by atoms with Gasteiger partial charge < -0.3 is 15.1 Å². The molecule has 1 heterocycles. The highest BCUT2D eigenvalue weighted by Crippen LogP contribution is 2.50. The Labute approximate surface area is 113 Å². The number of carbonyl (C=O) groups is 1. The van der Waals surface area contributed by atoms with Crippen LogP contribution in [0.1, 0.15) is 50.7 Å². The fraction of sp³-hybridized carbons (Fsp3) is 0.667. The van der Waals surface area contributed by atoms with Gasteiger partial charge in [0, 0.05) is 6.04 Å². The SMILES string of the molecule is O=C(NCc1ccco1)NC1CCCC12CCCC2. The summed E-state index contributed by atoms with van der Waals surface area (Å²) in [5.74, 6) is 0.789. The van der Waals surface area contributed by atoms with Gasteiger partial charge in [0.05, 0.1) is 12.8 Å². The molecule has 4 heteroatoms. The summed E-state index contributed by atoms with van der Waals surface area (Å²) in [6.45, 7) is 0.457. The topological polar surface area (TPSA) is 54.3 Å². The van der Waals surface area contributed by atoms with Crippen LogP contribution in [0.5, 0.6) is 0 Å². The van der Waals surface area contributed by atoms with Crippen molar-refractivity contribution in [3.8, 4) is 0 Å². The molecule has 2 aliphatic rings. The number of carbonyl (C=O) groups excluding carboxylic acids is 1. The normalized spacial score (nSPS) is 24.7. The number of rotatable bonds is 3. The van der Waals surface area contributed by atoms with Crippen molar-refractivity contribution in [1.82, 2.24) is 10.6 Å². The van der Waals surface area contributed by atoms with E-state index in [-0.39, 0.29) is 6.03 Å². The minimum absolute atomic E-state index is 0.0606. The smallest absolute Gasteiger partial charge is 0.315 e. The van der Waals surface area contributed by atoms with Crippen LogP contribution in [0.15, 0.2) is 22.8 Å². The fourth-order valence-electron chi connectivity index (χ4n) is 3.83. The second kappa shape index (κ2) is 5.27. The molecular weight excluding hydrogens is 240 g/mol. The van der Waals surface area contributed by atoms with Crippen molar-refractivity contribution in [2.75, 3.05) is 0 Å². The van der Waals surface area contributed by atoms with E-state index in [9.17, 15) is 4.79 Å². The van der Waals surface area contributed by atoms with Gasteiger partial charge in [-0.05, 0) is 43.2 Å². The maximum Gasteiger partial charge on any atom is 0.315 e. The van der Waals surface area contributed by atoms with Gasteiger partial charge in [0.2, 0.25) is 0 Å². The number of hydrogen-bond acceptors (Lipinski definition) is 2. The minimum Gasteiger partial charge on any atom is -0.467 e. The Bertz CT molecular complexity index is 416. The largest absolute Gasteiger partial charge is 0.467 e. The summed E-state index contributed by atoms with van der Waals surface area (Å²) in [6.07, 6.45) is 10.5. The van der Waals surface area contributed by atoms with Gasteiger partial charge in [-0.25, -0.2) is 4.79 Å². The average Bonchev–Trinajstić information content (AvgIpc) is 3.13. The van der Waals surface area contributed by atoms with Crippen molar-refractivity contribution in [3.63, 3.8) is 0 Å². The molecule has 2 saturated carbocycles. The van der Waals surface area contributed by atoms with Crippen LogP contribution in [-0.4, -0.2) is 12.1 Å². The number of hydrogen-bond donors (Lipinski definition) is 2. The molecule has 1 spiro atoms. The lowest BCUT2D eigenvalue weighted by atomic mass is 9.81. The molecule has 4 nitrogen and oxygen atoms in total. The average molecular weight is 262 g/mol. The molecule has 2 aliphatic carbocycles. The molecule has 0 bridgehead atoms. The van der Waals surface area contributed by atoms with Crippen LogP contribution in [0.2, 0.25) is 0 Å². The molecule has 1 aromatic heterocycles. The maximum atomic E-state index is 12.0. The molecule has 2 fully saturated rings. The third-order valence-electron chi connectivity index (χ3n) is 4.81. The zero-order chi connectivity index (χ0) is 13.1. The molecule has 1 atom stereocenters. The lowest BCUT2D eigenvalue weighted by molar-refractivity contribution is 0.207. The zero-order valence-corrected chi connectivity index (χ0v) is 11.3. The number of amides is 2. The van der Waals surface area contributed by atoms with E-state index >= 15 is 0 Å². The van der Waals surface area contributed by atoms with Crippen LogP contribution in [0.25, 0.3) is 0 Å². The third-order valence-corrected chi connectivity index (χ3v) is 4.81. The Morgan fingerprint density at radius 3 is 2.84 bits per heavy atom. The standard InChI is InChI=1S/C15H22N2O2/c18-14(16-11-12-5-4-10-19-12)17-13-6-3-9-15(13)7-1-2-8-15/h4-5,10,13H,1-3,6-9,11H2,(H2,16,17,18). The van der Waals surface area contributed by atoms with Crippen LogP contribution in [-0.2, 0) is 6.54 Å². The van der Waals surface area contributed by atoms with Crippen LogP contribution < -0.4 is 10.6 Å². The summed E-state index contributed by atoms with van der Waals surface area (Å²) in [5.41, 5.74) is 0.405. The second-order valence-electron chi connectivity index (χ2n) is 5.92. The predicted molar refractivity (Wildman–Crippen MR) is 72.6 cm³/mol. The number of nitrogens with one attached hydrogen (secondary N) is 2. The van der Waals surface area contributed by atoms with Crippen molar-refractivity contribution in [2.45, 2.75) is 57.5 Å². The minimum atomic E-state index is -0.0606. The van der Waals surface area contributed by atoms with Crippen molar-refractivity contribution < 1.29 is 9.21 Å². The van der Waals surface area contributed by atoms with Gasteiger partial charge in [-0.1, -0.05) is 19.3 Å². The third kappa shape index (κ3) is 2.62. The highest BCUT2D eigenvalue weighted by Gasteiger charge is 2.45. The Kier molecular flexibility index (Phi) is 3.49. The first-order valence-electron chi connectivity index (χ1n) is 7.35. The summed E-state index contributed by atoms with van der Waals surface area (Å²) >= 11 is 0. The molecule has 104 valence electrons. The summed E-state index contributed by atoms with van der Waals surface area (Å²) in [6, 6.07) is 4.01. The van der Waals surface area contributed by atoms with Gasteiger partial charge >= 0.3 is 6.03 Å². The zero-order valence-electron chi connectivity index (χ0n) is 11.3. The summed E-state index contributed by atoms with van der Waals surface area (Å²) in [4.78, 5) is 12.0. The molecule has 0 aliphatic heterocycles. The summed E-state index contributed by atoms with van der Waals surface area (Å²) < 4.78 is 5.20. The van der Waals surface area contributed by atoms with Crippen LogP contribution >= 0.6 is 0 Å². The molecule has 1 aromatic rings. The number of furan rings is 1. The van der Waals surface area contributed by atoms with E-state index in [0.717, 1.165) is 12.2 Å². The Morgan fingerprint density at radius 1 is 1.32 bits per heavy atom. The molecule has 3 rings (SSSR count). The Balaban J connectivity index is 1.51. The molecule has 2 N–H and O–H groups in total. The molecule has 19 heavy (non-hydrogen) atoms. The van der Waals surface area contributed by atoms with Crippen LogP contribution in [0, 0.1) is 5.41 Å².